The van der Waals surface area contributed by atoms with Crippen LogP contribution in [0.2, 0.25) is 0 Å². The SMILES string of the molecule is COc1ccccc1N=CCc1ccoc1. The van der Waals surface area contributed by atoms with Crippen LogP contribution < -0.4 is 4.74 Å². The lowest BCUT2D eigenvalue weighted by Crippen LogP contribution is -1.84. The first kappa shape index (κ1) is 10.5. The maximum atomic E-state index is 5.20. The topological polar surface area (TPSA) is 34.7 Å². The van der Waals surface area contributed by atoms with Crippen molar-refractivity contribution in [1.82, 2.24) is 0 Å². The second-order valence-corrected chi connectivity index (χ2v) is 3.32. The van der Waals surface area contributed by atoms with Crippen LogP contribution in [-0.4, -0.2) is 13.3 Å². The highest BCUT2D eigenvalue weighted by Crippen LogP contribution is 2.25. The first-order valence-corrected chi connectivity index (χ1v) is 5.07. The quantitative estimate of drug-likeness (QED) is 0.734. The van der Waals surface area contributed by atoms with Crippen molar-refractivity contribution in [3.63, 3.8) is 0 Å². The van der Waals surface area contributed by atoms with Crippen LogP contribution in [0.3, 0.4) is 0 Å². The molecule has 0 aliphatic carbocycles. The van der Waals surface area contributed by atoms with E-state index in [1.165, 1.54) is 0 Å². The van der Waals surface area contributed by atoms with Crippen molar-refractivity contribution in [3.05, 3.63) is 48.4 Å². The van der Waals surface area contributed by atoms with E-state index in [1.807, 2.05) is 36.5 Å². The molecule has 2 rings (SSSR count). The van der Waals surface area contributed by atoms with Gasteiger partial charge in [-0.3, -0.25) is 4.99 Å². The fraction of sp³-hybridized carbons (Fsp3) is 0.154. The van der Waals surface area contributed by atoms with Crippen LogP contribution in [0.4, 0.5) is 5.69 Å². The monoisotopic (exact) mass is 215 g/mol. The number of rotatable bonds is 4. The maximum Gasteiger partial charge on any atom is 0.144 e. The molecule has 0 N–H and O–H groups in total. The molecule has 0 aliphatic rings. The molecule has 1 aromatic heterocycles. The minimum absolute atomic E-state index is 0.758. The van der Waals surface area contributed by atoms with Gasteiger partial charge < -0.3 is 9.15 Å². The van der Waals surface area contributed by atoms with Crippen LogP contribution in [-0.2, 0) is 6.42 Å². The number of ether oxygens (including phenoxy) is 1. The number of para-hydroxylation sites is 2. The van der Waals surface area contributed by atoms with Gasteiger partial charge in [0.25, 0.3) is 0 Å². The third-order valence-corrected chi connectivity index (χ3v) is 2.22. The maximum absolute atomic E-state index is 5.20. The van der Waals surface area contributed by atoms with Crippen LogP contribution in [0.1, 0.15) is 5.56 Å². The highest BCUT2D eigenvalue weighted by atomic mass is 16.5. The average molecular weight is 215 g/mol. The van der Waals surface area contributed by atoms with E-state index in [1.54, 1.807) is 19.6 Å². The van der Waals surface area contributed by atoms with E-state index < -0.39 is 0 Å². The summed E-state index contributed by atoms with van der Waals surface area (Å²) < 4.78 is 10.2. The van der Waals surface area contributed by atoms with Gasteiger partial charge in [0, 0.05) is 12.6 Å². The Morgan fingerprint density at radius 1 is 1.31 bits per heavy atom. The van der Waals surface area contributed by atoms with Gasteiger partial charge in [-0.1, -0.05) is 12.1 Å². The summed E-state index contributed by atoms with van der Waals surface area (Å²) in [5.41, 5.74) is 1.95. The second kappa shape index (κ2) is 5.16. The van der Waals surface area contributed by atoms with E-state index in [0.717, 1.165) is 23.4 Å². The Kier molecular flexibility index (Phi) is 3.38. The predicted molar refractivity (Wildman–Crippen MR) is 63.6 cm³/mol. The van der Waals surface area contributed by atoms with E-state index in [0.29, 0.717) is 0 Å². The normalized spacial score (nSPS) is 10.8. The summed E-state index contributed by atoms with van der Waals surface area (Å²) in [6.07, 6.45) is 5.98. The summed E-state index contributed by atoms with van der Waals surface area (Å²) in [6.45, 7) is 0. The molecular formula is C13H13NO2. The van der Waals surface area contributed by atoms with E-state index in [-0.39, 0.29) is 0 Å². The number of nitrogens with zero attached hydrogens (tertiary/aromatic N) is 1. The molecule has 0 fully saturated rings. The first-order chi connectivity index (χ1) is 7.90. The fourth-order valence-electron chi connectivity index (χ4n) is 1.39. The molecule has 1 aromatic carbocycles. The van der Waals surface area contributed by atoms with Gasteiger partial charge in [-0.25, -0.2) is 0 Å². The van der Waals surface area contributed by atoms with Crippen LogP contribution in [0.5, 0.6) is 5.75 Å². The van der Waals surface area contributed by atoms with Crippen molar-refractivity contribution in [2.24, 2.45) is 4.99 Å². The molecule has 3 nitrogen and oxygen atoms in total. The lowest BCUT2D eigenvalue weighted by atomic mass is 10.2. The molecule has 0 atom stereocenters. The summed E-state index contributed by atoms with van der Waals surface area (Å²) in [4.78, 5) is 4.36. The van der Waals surface area contributed by atoms with Gasteiger partial charge in [0.15, 0.2) is 0 Å². The number of aliphatic imine (C=N–C) groups is 1. The van der Waals surface area contributed by atoms with Crippen molar-refractivity contribution >= 4 is 11.9 Å². The lowest BCUT2D eigenvalue weighted by Gasteiger charge is -2.02. The molecule has 2 aromatic rings. The fourth-order valence-corrected chi connectivity index (χ4v) is 1.39. The standard InChI is InChI=1S/C13H13NO2/c1-15-13-5-3-2-4-12(13)14-8-6-11-7-9-16-10-11/h2-5,7-10H,6H2,1H3. The van der Waals surface area contributed by atoms with E-state index in [9.17, 15) is 0 Å². The van der Waals surface area contributed by atoms with Crippen molar-refractivity contribution in [2.75, 3.05) is 7.11 Å². The smallest absolute Gasteiger partial charge is 0.144 e. The predicted octanol–water partition coefficient (Wildman–Crippen LogP) is 3.23. The largest absolute Gasteiger partial charge is 0.494 e. The Labute approximate surface area is 94.4 Å². The van der Waals surface area contributed by atoms with Gasteiger partial charge in [-0.15, -0.1) is 0 Å². The highest BCUT2D eigenvalue weighted by Gasteiger charge is 1.97. The van der Waals surface area contributed by atoms with Crippen LogP contribution in [0.15, 0.2) is 52.3 Å². The zero-order chi connectivity index (χ0) is 11.2. The average Bonchev–Trinajstić information content (AvgIpc) is 2.83. The zero-order valence-electron chi connectivity index (χ0n) is 9.09. The van der Waals surface area contributed by atoms with Crippen molar-refractivity contribution in [1.29, 1.82) is 0 Å². The number of methoxy groups -OCH3 is 1. The third kappa shape index (κ3) is 2.51. The summed E-state index contributed by atoms with van der Waals surface area (Å²) >= 11 is 0. The number of benzene rings is 1. The number of hydrogen-bond acceptors (Lipinski definition) is 3. The van der Waals surface area contributed by atoms with Crippen molar-refractivity contribution in [2.45, 2.75) is 6.42 Å². The highest BCUT2D eigenvalue weighted by molar-refractivity contribution is 5.68. The third-order valence-electron chi connectivity index (χ3n) is 2.22. The molecule has 0 aliphatic heterocycles. The molecule has 0 unspecified atom stereocenters. The van der Waals surface area contributed by atoms with Gasteiger partial charge in [0.05, 0.1) is 19.6 Å². The van der Waals surface area contributed by atoms with Crippen LogP contribution in [0, 0.1) is 0 Å². The minimum atomic E-state index is 0.758. The molecule has 0 saturated carbocycles. The van der Waals surface area contributed by atoms with Crippen molar-refractivity contribution in [3.8, 4) is 5.75 Å². The first-order valence-electron chi connectivity index (χ1n) is 5.07. The molecule has 1 heterocycles. The zero-order valence-corrected chi connectivity index (χ0v) is 9.09. The summed E-state index contributed by atoms with van der Waals surface area (Å²) in [5.74, 6) is 0.783. The summed E-state index contributed by atoms with van der Waals surface area (Å²) in [6, 6.07) is 9.60. The summed E-state index contributed by atoms with van der Waals surface area (Å²) in [7, 11) is 1.64. The lowest BCUT2D eigenvalue weighted by molar-refractivity contribution is 0.416. The Hall–Kier alpha value is -2.03. The molecule has 0 radical (unpaired) electrons. The van der Waals surface area contributed by atoms with Gasteiger partial charge in [0.2, 0.25) is 0 Å². The molecular weight excluding hydrogens is 202 g/mol. The Bertz CT molecular complexity index is 461. The van der Waals surface area contributed by atoms with Crippen molar-refractivity contribution < 1.29 is 9.15 Å². The molecule has 3 heteroatoms. The van der Waals surface area contributed by atoms with Gasteiger partial charge >= 0.3 is 0 Å². The van der Waals surface area contributed by atoms with Crippen LogP contribution >= 0.6 is 0 Å². The van der Waals surface area contributed by atoms with E-state index >= 15 is 0 Å². The molecule has 82 valence electrons. The Morgan fingerprint density at radius 2 is 2.19 bits per heavy atom. The van der Waals surface area contributed by atoms with Crippen LogP contribution in [0.25, 0.3) is 0 Å². The molecule has 0 spiro atoms. The van der Waals surface area contributed by atoms with Gasteiger partial charge in [-0.2, -0.15) is 0 Å². The molecule has 0 bridgehead atoms. The van der Waals surface area contributed by atoms with Gasteiger partial charge in [-0.05, 0) is 23.8 Å². The van der Waals surface area contributed by atoms with E-state index in [2.05, 4.69) is 4.99 Å². The molecule has 16 heavy (non-hydrogen) atoms. The van der Waals surface area contributed by atoms with E-state index in [4.69, 9.17) is 9.15 Å². The Balaban J connectivity index is 2.05. The Morgan fingerprint density at radius 3 is 2.94 bits per heavy atom. The number of furan rings is 1. The minimum Gasteiger partial charge on any atom is -0.494 e. The number of hydrogen-bond donors (Lipinski definition) is 0. The summed E-state index contributed by atoms with van der Waals surface area (Å²) in [5, 5.41) is 0. The second-order valence-electron chi connectivity index (χ2n) is 3.32. The van der Waals surface area contributed by atoms with Gasteiger partial charge in [0.1, 0.15) is 11.4 Å². The molecule has 0 saturated heterocycles. The molecule has 0 amide bonds.